The van der Waals surface area contributed by atoms with Gasteiger partial charge in [0.1, 0.15) is 27.4 Å². The Hall–Kier alpha value is -4.55. The van der Waals surface area contributed by atoms with Crippen molar-refractivity contribution in [2.75, 3.05) is 36.6 Å². The minimum Gasteiger partial charge on any atom is -0.457 e. The fraction of sp³-hybridized carbons (Fsp3) is 0.267. The Morgan fingerprint density at radius 2 is 1.88 bits per heavy atom. The number of methoxy groups -OCH3 is 1. The summed E-state index contributed by atoms with van der Waals surface area (Å²) in [6.07, 6.45) is 0.0954. The van der Waals surface area contributed by atoms with Crippen molar-refractivity contribution in [3.05, 3.63) is 71.2 Å². The van der Waals surface area contributed by atoms with Crippen LogP contribution in [0.25, 0.3) is 10.2 Å². The molecular weight excluding hydrogens is 561 g/mol. The van der Waals surface area contributed by atoms with Crippen molar-refractivity contribution in [3.8, 4) is 11.5 Å². The molecule has 0 saturated carbocycles. The number of primary amides is 1. The number of amides is 4. The van der Waals surface area contributed by atoms with Crippen LogP contribution < -0.4 is 20.3 Å². The Morgan fingerprint density at radius 3 is 2.60 bits per heavy atom. The van der Waals surface area contributed by atoms with Crippen LogP contribution in [-0.4, -0.2) is 66.7 Å². The zero-order valence-electron chi connectivity index (χ0n) is 23.0. The molecule has 2 N–H and O–H groups in total. The first kappa shape index (κ1) is 27.6. The molecule has 2 aliphatic rings. The molecular formula is C30H28FN5O5S. The number of nitrogens with zero attached hydrogens (tertiary/aromatic N) is 4. The van der Waals surface area contributed by atoms with Crippen molar-refractivity contribution in [3.63, 3.8) is 0 Å². The van der Waals surface area contributed by atoms with Gasteiger partial charge in [0.2, 0.25) is 5.91 Å². The van der Waals surface area contributed by atoms with Crippen LogP contribution in [0.1, 0.15) is 21.7 Å². The number of aromatic nitrogens is 1. The lowest BCUT2D eigenvalue weighted by Gasteiger charge is -2.39. The second-order valence-corrected chi connectivity index (χ2v) is 11.1. The lowest BCUT2D eigenvalue weighted by molar-refractivity contribution is -0.131. The van der Waals surface area contributed by atoms with E-state index < -0.39 is 24.2 Å². The molecule has 0 radical (unpaired) electrons. The van der Waals surface area contributed by atoms with Crippen LogP contribution in [0.3, 0.4) is 0 Å². The Labute approximate surface area is 245 Å². The number of para-hydroxylation sites is 1. The normalized spacial score (nSPS) is 18.2. The van der Waals surface area contributed by atoms with Gasteiger partial charge in [0.25, 0.3) is 5.91 Å². The van der Waals surface area contributed by atoms with Gasteiger partial charge in [-0.05, 0) is 48.9 Å². The Balaban J connectivity index is 1.44. The number of hydrogen-bond donors (Lipinski definition) is 1. The third-order valence-electron chi connectivity index (χ3n) is 7.46. The van der Waals surface area contributed by atoms with Gasteiger partial charge in [-0.15, -0.1) is 11.3 Å². The molecule has 1 saturated heterocycles. The molecule has 0 bridgehead atoms. The number of urea groups is 1. The average Bonchev–Trinajstić information content (AvgIpc) is 3.55. The first-order valence-electron chi connectivity index (χ1n) is 13.4. The first-order chi connectivity index (χ1) is 20.3. The molecule has 2 aromatic heterocycles. The van der Waals surface area contributed by atoms with E-state index in [0.29, 0.717) is 33.1 Å². The van der Waals surface area contributed by atoms with Crippen molar-refractivity contribution in [1.82, 2.24) is 9.88 Å². The van der Waals surface area contributed by atoms with E-state index in [9.17, 15) is 14.4 Å². The maximum atomic E-state index is 15.8. The van der Waals surface area contributed by atoms with E-state index in [2.05, 4.69) is 4.98 Å². The van der Waals surface area contributed by atoms with E-state index in [-0.39, 0.29) is 42.6 Å². The molecule has 10 nitrogen and oxygen atoms in total. The number of ether oxygens (including phenoxy) is 2. The number of benzene rings is 2. The number of halogens is 1. The molecule has 2 aliphatic heterocycles. The van der Waals surface area contributed by atoms with E-state index in [1.54, 1.807) is 24.4 Å². The number of pyridine rings is 1. The van der Waals surface area contributed by atoms with Crippen LogP contribution in [-0.2, 0) is 9.53 Å². The molecule has 0 unspecified atom stereocenters. The molecule has 4 heterocycles. The third-order valence-corrected chi connectivity index (χ3v) is 8.56. The number of anilines is 3. The first-order valence-corrected chi connectivity index (χ1v) is 14.2. The molecule has 1 fully saturated rings. The third kappa shape index (κ3) is 4.72. The molecule has 4 amide bonds. The van der Waals surface area contributed by atoms with Crippen molar-refractivity contribution in [2.45, 2.75) is 25.6 Å². The van der Waals surface area contributed by atoms with E-state index in [4.69, 9.17) is 15.2 Å². The molecule has 6 rings (SSSR count). The van der Waals surface area contributed by atoms with Gasteiger partial charge in [-0.2, -0.15) is 0 Å². The number of rotatable bonds is 8. The van der Waals surface area contributed by atoms with Crippen LogP contribution >= 0.6 is 11.3 Å². The number of aryl methyl sites for hydroxylation is 1. The van der Waals surface area contributed by atoms with Gasteiger partial charge in [-0.1, -0.05) is 18.2 Å². The maximum Gasteiger partial charge on any atom is 0.334 e. The molecule has 42 heavy (non-hydrogen) atoms. The smallest absolute Gasteiger partial charge is 0.334 e. The highest BCUT2D eigenvalue weighted by Gasteiger charge is 2.48. The number of nitrogens with two attached hydrogens (primary N) is 1. The van der Waals surface area contributed by atoms with E-state index in [1.165, 1.54) is 21.8 Å². The molecule has 12 heteroatoms. The summed E-state index contributed by atoms with van der Waals surface area (Å²) in [5.41, 5.74) is 7.77. The zero-order chi connectivity index (χ0) is 29.5. The second kappa shape index (κ2) is 11.0. The van der Waals surface area contributed by atoms with Crippen LogP contribution in [0, 0.1) is 6.92 Å². The summed E-state index contributed by atoms with van der Waals surface area (Å²) in [6, 6.07) is 14.8. The lowest BCUT2D eigenvalue weighted by atomic mass is 10.0. The summed E-state index contributed by atoms with van der Waals surface area (Å²) in [4.78, 5) is 49.0. The number of carbonyl (C=O) groups is 3. The van der Waals surface area contributed by atoms with Crippen LogP contribution in [0.4, 0.5) is 26.2 Å². The summed E-state index contributed by atoms with van der Waals surface area (Å²) in [6.45, 7) is 1.83. The largest absolute Gasteiger partial charge is 0.457 e. The molecule has 216 valence electrons. The Morgan fingerprint density at radius 1 is 1.10 bits per heavy atom. The second-order valence-electron chi connectivity index (χ2n) is 10.1. The highest BCUT2D eigenvalue weighted by molar-refractivity contribution is 7.21. The fourth-order valence-corrected chi connectivity index (χ4v) is 6.54. The molecule has 2 aromatic carbocycles. The maximum absolute atomic E-state index is 15.8. The van der Waals surface area contributed by atoms with E-state index in [0.717, 1.165) is 16.9 Å². The fourth-order valence-electron chi connectivity index (χ4n) is 5.53. The highest BCUT2D eigenvalue weighted by Crippen LogP contribution is 2.50. The number of alkyl halides is 1. The monoisotopic (exact) mass is 589 g/mol. The van der Waals surface area contributed by atoms with Gasteiger partial charge in [0.05, 0.1) is 48.1 Å². The summed E-state index contributed by atoms with van der Waals surface area (Å²) < 4.78 is 26.7. The van der Waals surface area contributed by atoms with Crippen molar-refractivity contribution in [1.29, 1.82) is 0 Å². The number of hydrogen-bond acceptors (Lipinski definition) is 7. The summed E-state index contributed by atoms with van der Waals surface area (Å²) in [5, 5.41) is 0.524. The van der Waals surface area contributed by atoms with Gasteiger partial charge in [-0.25, -0.2) is 14.2 Å². The molecule has 4 aromatic rings. The van der Waals surface area contributed by atoms with Gasteiger partial charge >= 0.3 is 6.03 Å². The number of likely N-dealkylation sites (tertiary alicyclic amines) is 1. The average molecular weight is 590 g/mol. The van der Waals surface area contributed by atoms with E-state index in [1.807, 2.05) is 43.3 Å². The topological polar surface area (TPSA) is 118 Å². The van der Waals surface area contributed by atoms with Gasteiger partial charge in [-0.3, -0.25) is 19.4 Å². The molecule has 0 aliphatic carbocycles. The van der Waals surface area contributed by atoms with Gasteiger partial charge < -0.3 is 20.1 Å². The Bertz CT molecular complexity index is 1700. The number of thiophene rings is 1. The predicted octanol–water partition coefficient (Wildman–Crippen LogP) is 5.16. The molecule has 0 spiro atoms. The Kier molecular flexibility index (Phi) is 7.25. The van der Waals surface area contributed by atoms with Crippen LogP contribution in [0.5, 0.6) is 11.5 Å². The summed E-state index contributed by atoms with van der Waals surface area (Å²) >= 11 is 1.05. The van der Waals surface area contributed by atoms with E-state index >= 15 is 4.39 Å². The SMILES string of the molecule is COCCC(=O)N1C[C@@H](F)[C@@H](N2C(=O)N(c3ccc(Oc4ccccc4)cc3C)c3ccnc4sc(C(N)=O)c2c34)C1. The van der Waals surface area contributed by atoms with Crippen LogP contribution in [0.2, 0.25) is 0 Å². The summed E-state index contributed by atoms with van der Waals surface area (Å²) in [7, 11) is 1.49. The van der Waals surface area contributed by atoms with Crippen molar-refractivity contribution >= 4 is 56.5 Å². The van der Waals surface area contributed by atoms with Crippen molar-refractivity contribution in [2.24, 2.45) is 5.73 Å². The quantitative estimate of drug-likeness (QED) is 0.303. The van der Waals surface area contributed by atoms with Crippen molar-refractivity contribution < 1.29 is 28.2 Å². The zero-order valence-corrected chi connectivity index (χ0v) is 23.8. The standard InChI is InChI=1S/C30H28FN5O5S/c1-17-14-19(41-18-6-4-3-5-7-18)8-9-21(17)35-22-10-12-33-29-25(22)26(27(42-29)28(32)38)36(30(35)39)23-16-34(15-20(23)31)24(37)11-13-40-2/h3-10,12,14,20,23H,11,13,15-16H2,1-2H3,(H2,32,38)/t20-,23+/m1/s1. The number of carbonyl (C=O) groups excluding carboxylic acids is 3. The lowest BCUT2D eigenvalue weighted by Crippen LogP contribution is -2.53. The highest BCUT2D eigenvalue weighted by atomic mass is 32.1. The minimum atomic E-state index is -1.56. The summed E-state index contributed by atoms with van der Waals surface area (Å²) in [5.74, 6) is 0.231. The van der Waals surface area contributed by atoms with Gasteiger partial charge in [0.15, 0.2) is 0 Å². The minimum absolute atomic E-state index is 0.0444. The molecule has 2 atom stereocenters. The van der Waals surface area contributed by atoms with Gasteiger partial charge in [0, 0.05) is 19.9 Å². The van der Waals surface area contributed by atoms with Crippen LogP contribution in [0.15, 0.2) is 60.8 Å². The predicted molar refractivity (Wildman–Crippen MR) is 158 cm³/mol.